The Kier molecular flexibility index (Phi) is 8.41. The Morgan fingerprint density at radius 2 is 1.97 bits per heavy atom. The first kappa shape index (κ1) is 25.1. The van der Waals surface area contributed by atoms with Gasteiger partial charge in [0.25, 0.3) is 0 Å². The van der Waals surface area contributed by atoms with E-state index in [0.29, 0.717) is 24.0 Å². The highest BCUT2D eigenvalue weighted by molar-refractivity contribution is 5.76. The molecule has 2 N–H and O–H groups in total. The molecule has 1 heterocycles. The van der Waals surface area contributed by atoms with E-state index in [1.54, 1.807) is 13.2 Å². The second kappa shape index (κ2) is 11.1. The Balaban J connectivity index is 1.53. The summed E-state index contributed by atoms with van der Waals surface area (Å²) in [6, 6.07) is 15.7. The van der Waals surface area contributed by atoms with Crippen LogP contribution >= 0.6 is 0 Å². The molecule has 1 aliphatic rings. The lowest BCUT2D eigenvalue weighted by atomic mass is 9.68. The summed E-state index contributed by atoms with van der Waals surface area (Å²) in [6.07, 6.45) is 2.25. The van der Waals surface area contributed by atoms with E-state index in [9.17, 15) is 9.90 Å². The predicted molar refractivity (Wildman–Crippen MR) is 134 cm³/mol. The molecule has 0 aliphatic carbocycles. The molecule has 1 aliphatic heterocycles. The molecule has 3 rings (SSSR count). The van der Waals surface area contributed by atoms with Gasteiger partial charge in [0.2, 0.25) is 5.91 Å². The monoisotopic (exact) mass is 452 g/mol. The lowest BCUT2D eigenvalue weighted by Crippen LogP contribution is -2.53. The molecule has 0 spiro atoms. The minimum absolute atomic E-state index is 0.0458. The quantitative estimate of drug-likeness (QED) is 0.575. The molecule has 33 heavy (non-hydrogen) atoms. The fraction of sp³-hybridized carbons (Fsp3) is 0.536. The van der Waals surface area contributed by atoms with Crippen molar-refractivity contribution in [2.24, 2.45) is 11.8 Å². The van der Waals surface area contributed by atoms with E-state index in [4.69, 9.17) is 4.74 Å². The van der Waals surface area contributed by atoms with Crippen molar-refractivity contribution in [2.75, 3.05) is 26.7 Å². The normalized spacial score (nSPS) is 22.2. The van der Waals surface area contributed by atoms with Crippen molar-refractivity contribution in [3.63, 3.8) is 0 Å². The van der Waals surface area contributed by atoms with Gasteiger partial charge in [0.1, 0.15) is 11.5 Å². The Bertz CT molecular complexity index is 912. The van der Waals surface area contributed by atoms with Crippen molar-refractivity contribution in [3.05, 3.63) is 59.7 Å². The number of carbonyl (C=O) groups is 1. The molecule has 0 aromatic heterocycles. The van der Waals surface area contributed by atoms with Gasteiger partial charge in [-0.15, -0.1) is 0 Å². The third kappa shape index (κ3) is 6.50. The number of nitrogens with one attached hydrogen (secondary N) is 1. The maximum atomic E-state index is 12.7. The average Bonchev–Trinajstić information content (AvgIpc) is 2.80. The first-order chi connectivity index (χ1) is 15.7. The van der Waals surface area contributed by atoms with E-state index in [0.717, 1.165) is 43.8 Å². The summed E-state index contributed by atoms with van der Waals surface area (Å²) in [5.41, 5.74) is 2.40. The number of phenols is 1. The Morgan fingerprint density at radius 1 is 1.24 bits per heavy atom. The maximum absolute atomic E-state index is 12.7. The highest BCUT2D eigenvalue weighted by Gasteiger charge is 2.38. The van der Waals surface area contributed by atoms with Crippen LogP contribution in [0.25, 0.3) is 0 Å². The fourth-order valence-electron chi connectivity index (χ4n) is 4.80. The van der Waals surface area contributed by atoms with Crippen molar-refractivity contribution >= 4 is 5.91 Å². The number of phenolic OH excluding ortho intramolecular Hbond substituents is 1. The zero-order chi connectivity index (χ0) is 24.0. The number of hydrogen-bond donors (Lipinski definition) is 2. The van der Waals surface area contributed by atoms with E-state index in [1.165, 1.54) is 5.56 Å². The number of ether oxygens (including phenoxy) is 1. The SMILES string of the molecule is COc1ccc(CCC(=O)NC(CN2CCC(C)(c3cccc(O)c3)C(C)C2)C(C)C)cc1. The van der Waals surface area contributed by atoms with Crippen molar-refractivity contribution in [3.8, 4) is 11.5 Å². The second-order valence-electron chi connectivity index (χ2n) is 10.1. The van der Waals surface area contributed by atoms with Crippen molar-refractivity contribution in [1.82, 2.24) is 10.2 Å². The van der Waals surface area contributed by atoms with Crippen LogP contribution in [0.4, 0.5) is 0 Å². The minimum atomic E-state index is 0.0458. The number of piperidine rings is 1. The Labute approximate surface area is 199 Å². The molecule has 5 heteroatoms. The summed E-state index contributed by atoms with van der Waals surface area (Å²) < 4.78 is 5.20. The summed E-state index contributed by atoms with van der Waals surface area (Å²) in [7, 11) is 1.66. The molecule has 3 atom stereocenters. The van der Waals surface area contributed by atoms with Crippen LogP contribution in [0.1, 0.15) is 51.7 Å². The van der Waals surface area contributed by atoms with Gasteiger partial charge in [0.05, 0.1) is 7.11 Å². The van der Waals surface area contributed by atoms with Crippen LogP contribution in [0.3, 0.4) is 0 Å². The summed E-state index contributed by atoms with van der Waals surface area (Å²) in [5, 5.41) is 13.2. The number of nitrogens with zero attached hydrogens (tertiary/aromatic N) is 1. The molecule has 0 radical (unpaired) electrons. The third-order valence-corrected chi connectivity index (χ3v) is 7.48. The van der Waals surface area contributed by atoms with Gasteiger partial charge in [-0.25, -0.2) is 0 Å². The largest absolute Gasteiger partial charge is 0.508 e. The molecule has 1 saturated heterocycles. The van der Waals surface area contributed by atoms with Crippen molar-refractivity contribution in [1.29, 1.82) is 0 Å². The van der Waals surface area contributed by atoms with Crippen LogP contribution in [-0.4, -0.2) is 48.7 Å². The molecule has 2 aromatic carbocycles. The van der Waals surface area contributed by atoms with Crippen LogP contribution in [-0.2, 0) is 16.6 Å². The maximum Gasteiger partial charge on any atom is 0.220 e. The highest BCUT2D eigenvalue weighted by Crippen LogP contribution is 2.40. The van der Waals surface area contributed by atoms with Gasteiger partial charge in [-0.2, -0.15) is 0 Å². The van der Waals surface area contributed by atoms with Gasteiger partial charge < -0.3 is 20.1 Å². The van der Waals surface area contributed by atoms with Crippen molar-refractivity contribution in [2.45, 2.75) is 58.4 Å². The first-order valence-electron chi connectivity index (χ1n) is 12.2. The van der Waals surface area contributed by atoms with Crippen LogP contribution in [0.5, 0.6) is 11.5 Å². The number of benzene rings is 2. The van der Waals surface area contributed by atoms with E-state index >= 15 is 0 Å². The van der Waals surface area contributed by atoms with Crippen LogP contribution in [0, 0.1) is 11.8 Å². The van der Waals surface area contributed by atoms with E-state index in [2.05, 4.69) is 44.0 Å². The summed E-state index contributed by atoms with van der Waals surface area (Å²) in [5.74, 6) is 2.09. The third-order valence-electron chi connectivity index (χ3n) is 7.48. The highest BCUT2D eigenvalue weighted by atomic mass is 16.5. The summed E-state index contributed by atoms with van der Waals surface area (Å²) in [4.78, 5) is 15.2. The van der Waals surface area contributed by atoms with E-state index in [1.807, 2.05) is 36.4 Å². The van der Waals surface area contributed by atoms with E-state index in [-0.39, 0.29) is 17.4 Å². The van der Waals surface area contributed by atoms with Crippen LogP contribution in [0.15, 0.2) is 48.5 Å². The molecule has 1 fully saturated rings. The topological polar surface area (TPSA) is 61.8 Å². The number of carbonyl (C=O) groups excluding carboxylic acids is 1. The van der Waals surface area contributed by atoms with Gasteiger partial charge in [-0.1, -0.05) is 52.0 Å². The standard InChI is InChI=1S/C28H40N2O3/c1-20(2)26(29-27(32)14-11-22-9-12-25(33-5)13-10-22)19-30-16-15-28(4,21(3)18-30)23-7-6-8-24(31)17-23/h6-10,12-13,17,20-21,26,31H,11,14-16,18-19H2,1-5H3,(H,29,32). The number of likely N-dealkylation sites (tertiary alicyclic amines) is 1. The molecule has 3 unspecified atom stereocenters. The second-order valence-corrected chi connectivity index (χ2v) is 10.1. The lowest BCUT2D eigenvalue weighted by Gasteiger charge is -2.46. The molecular weight excluding hydrogens is 412 g/mol. The Morgan fingerprint density at radius 3 is 2.58 bits per heavy atom. The predicted octanol–water partition coefficient (Wildman–Crippen LogP) is 4.77. The summed E-state index contributed by atoms with van der Waals surface area (Å²) in [6.45, 7) is 11.8. The van der Waals surface area contributed by atoms with Crippen LogP contribution < -0.4 is 10.1 Å². The lowest BCUT2D eigenvalue weighted by molar-refractivity contribution is -0.122. The number of methoxy groups -OCH3 is 1. The van der Waals surface area contributed by atoms with Crippen molar-refractivity contribution < 1.29 is 14.6 Å². The first-order valence-corrected chi connectivity index (χ1v) is 12.2. The van der Waals surface area contributed by atoms with Gasteiger partial charge in [0, 0.05) is 25.6 Å². The van der Waals surface area contributed by atoms with Gasteiger partial charge >= 0.3 is 0 Å². The Hall–Kier alpha value is -2.53. The zero-order valence-corrected chi connectivity index (χ0v) is 20.8. The number of aromatic hydroxyl groups is 1. The summed E-state index contributed by atoms with van der Waals surface area (Å²) >= 11 is 0. The molecule has 1 amide bonds. The molecule has 2 aromatic rings. The van der Waals surface area contributed by atoms with Crippen LogP contribution in [0.2, 0.25) is 0 Å². The molecular formula is C28H40N2O3. The number of rotatable bonds is 9. The molecule has 0 bridgehead atoms. The smallest absolute Gasteiger partial charge is 0.220 e. The minimum Gasteiger partial charge on any atom is -0.508 e. The van der Waals surface area contributed by atoms with Gasteiger partial charge in [-0.05, 0) is 72.0 Å². The zero-order valence-electron chi connectivity index (χ0n) is 20.8. The molecule has 5 nitrogen and oxygen atoms in total. The molecule has 0 saturated carbocycles. The van der Waals surface area contributed by atoms with Gasteiger partial charge in [-0.3, -0.25) is 4.79 Å². The number of amides is 1. The number of aryl methyl sites for hydroxylation is 1. The fourth-order valence-corrected chi connectivity index (χ4v) is 4.80. The van der Waals surface area contributed by atoms with Gasteiger partial charge in [0.15, 0.2) is 0 Å². The number of hydrogen-bond acceptors (Lipinski definition) is 4. The van der Waals surface area contributed by atoms with E-state index < -0.39 is 0 Å². The molecule has 180 valence electrons. The average molecular weight is 453 g/mol.